The van der Waals surface area contributed by atoms with Crippen LogP contribution in [0, 0.1) is 5.41 Å². The molecule has 1 rings (SSSR count). The van der Waals surface area contributed by atoms with Crippen molar-refractivity contribution in [3.05, 3.63) is 23.3 Å². The average Bonchev–Trinajstić information content (AvgIpc) is 2.43. The quantitative estimate of drug-likeness (QED) is 0.568. The molecule has 5 nitrogen and oxygen atoms in total. The SMILES string of the molecule is CCc1c(OCCCC(C)(C)C(=O)O)ccc(C(C)=O)c1O. The summed E-state index contributed by atoms with van der Waals surface area (Å²) in [5, 5.41) is 19.2. The zero-order chi connectivity index (χ0) is 16.9. The Bertz CT molecular complexity index is 560. The van der Waals surface area contributed by atoms with Gasteiger partial charge in [0.05, 0.1) is 17.6 Å². The maximum absolute atomic E-state index is 11.4. The minimum Gasteiger partial charge on any atom is -0.507 e. The summed E-state index contributed by atoms with van der Waals surface area (Å²) in [6.45, 7) is 7.01. The second kappa shape index (κ2) is 7.29. The third-order valence-electron chi connectivity index (χ3n) is 3.76. The molecule has 22 heavy (non-hydrogen) atoms. The van der Waals surface area contributed by atoms with Gasteiger partial charge in [0.1, 0.15) is 11.5 Å². The summed E-state index contributed by atoms with van der Waals surface area (Å²) < 4.78 is 5.65. The van der Waals surface area contributed by atoms with E-state index in [0.29, 0.717) is 37.2 Å². The molecule has 0 bridgehead atoms. The number of benzene rings is 1. The maximum Gasteiger partial charge on any atom is 0.309 e. The van der Waals surface area contributed by atoms with E-state index < -0.39 is 11.4 Å². The number of rotatable bonds is 8. The van der Waals surface area contributed by atoms with Crippen LogP contribution in [0.4, 0.5) is 0 Å². The normalized spacial score (nSPS) is 11.3. The third-order valence-corrected chi connectivity index (χ3v) is 3.76. The number of carbonyl (C=O) groups is 2. The number of ketones is 1. The first-order valence-electron chi connectivity index (χ1n) is 7.42. The Morgan fingerprint density at radius 3 is 2.41 bits per heavy atom. The number of carboxylic acids is 1. The van der Waals surface area contributed by atoms with Crippen LogP contribution in [0.5, 0.6) is 11.5 Å². The van der Waals surface area contributed by atoms with Crippen LogP contribution in [0.2, 0.25) is 0 Å². The van der Waals surface area contributed by atoms with Gasteiger partial charge in [-0.3, -0.25) is 9.59 Å². The van der Waals surface area contributed by atoms with Crippen molar-refractivity contribution in [2.45, 2.75) is 47.0 Å². The molecule has 0 saturated carbocycles. The van der Waals surface area contributed by atoms with Crippen LogP contribution in [0.1, 0.15) is 56.5 Å². The van der Waals surface area contributed by atoms with Crippen LogP contribution in [-0.4, -0.2) is 28.6 Å². The van der Waals surface area contributed by atoms with Crippen LogP contribution in [0.3, 0.4) is 0 Å². The summed E-state index contributed by atoms with van der Waals surface area (Å²) in [5.74, 6) is -0.511. The molecule has 0 atom stereocenters. The lowest BCUT2D eigenvalue weighted by Gasteiger charge is -2.19. The smallest absolute Gasteiger partial charge is 0.309 e. The van der Waals surface area contributed by atoms with Crippen molar-refractivity contribution in [1.82, 2.24) is 0 Å². The summed E-state index contributed by atoms with van der Waals surface area (Å²) in [4.78, 5) is 22.4. The Labute approximate surface area is 130 Å². The first-order valence-corrected chi connectivity index (χ1v) is 7.42. The monoisotopic (exact) mass is 308 g/mol. The fourth-order valence-corrected chi connectivity index (χ4v) is 2.18. The lowest BCUT2D eigenvalue weighted by Crippen LogP contribution is -2.24. The van der Waals surface area contributed by atoms with Gasteiger partial charge in [0, 0.05) is 5.56 Å². The number of Topliss-reactive ketones (excluding diaryl/α,β-unsaturated/α-hetero) is 1. The van der Waals surface area contributed by atoms with Gasteiger partial charge in [-0.25, -0.2) is 0 Å². The van der Waals surface area contributed by atoms with E-state index in [2.05, 4.69) is 0 Å². The summed E-state index contributed by atoms with van der Waals surface area (Å²) in [5.41, 5.74) is 0.110. The van der Waals surface area contributed by atoms with Gasteiger partial charge in [-0.1, -0.05) is 6.92 Å². The molecule has 0 radical (unpaired) electrons. The van der Waals surface area contributed by atoms with Gasteiger partial charge >= 0.3 is 5.97 Å². The molecule has 5 heteroatoms. The molecular weight excluding hydrogens is 284 g/mol. The molecule has 0 aromatic heterocycles. The number of aliphatic carboxylic acids is 1. The topological polar surface area (TPSA) is 83.8 Å². The highest BCUT2D eigenvalue weighted by molar-refractivity contribution is 5.97. The highest BCUT2D eigenvalue weighted by Gasteiger charge is 2.26. The van der Waals surface area contributed by atoms with E-state index in [1.807, 2.05) is 6.92 Å². The van der Waals surface area contributed by atoms with Gasteiger partial charge in [0.15, 0.2) is 5.78 Å². The summed E-state index contributed by atoms with van der Waals surface area (Å²) in [6, 6.07) is 3.23. The standard InChI is InChI=1S/C17H24O5/c1-5-12-14(8-7-13(11(2)18)15(12)19)22-10-6-9-17(3,4)16(20)21/h7-8,19H,5-6,9-10H2,1-4H3,(H,20,21). The lowest BCUT2D eigenvalue weighted by atomic mass is 9.88. The third kappa shape index (κ3) is 4.23. The van der Waals surface area contributed by atoms with Crippen molar-refractivity contribution in [3.63, 3.8) is 0 Å². The number of phenolic OH excluding ortho intramolecular Hbond substituents is 1. The van der Waals surface area contributed by atoms with E-state index in [1.165, 1.54) is 6.92 Å². The van der Waals surface area contributed by atoms with Crippen molar-refractivity contribution in [1.29, 1.82) is 0 Å². The summed E-state index contributed by atoms with van der Waals surface area (Å²) in [7, 11) is 0. The zero-order valence-electron chi connectivity index (χ0n) is 13.6. The number of aromatic hydroxyl groups is 1. The van der Waals surface area contributed by atoms with Gasteiger partial charge in [-0.15, -0.1) is 0 Å². The number of carboxylic acid groups (broad SMARTS) is 1. The Balaban J connectivity index is 2.73. The molecule has 0 unspecified atom stereocenters. The number of carbonyl (C=O) groups excluding carboxylic acids is 1. The Morgan fingerprint density at radius 1 is 1.27 bits per heavy atom. The van der Waals surface area contributed by atoms with E-state index in [1.54, 1.807) is 26.0 Å². The molecule has 0 spiro atoms. The first-order chi connectivity index (χ1) is 10.2. The van der Waals surface area contributed by atoms with Gasteiger partial charge < -0.3 is 14.9 Å². The second-order valence-corrected chi connectivity index (χ2v) is 5.99. The highest BCUT2D eigenvalue weighted by atomic mass is 16.5. The average molecular weight is 308 g/mol. The molecule has 0 aliphatic carbocycles. The van der Waals surface area contributed by atoms with Crippen molar-refractivity contribution < 1.29 is 24.5 Å². The van der Waals surface area contributed by atoms with Crippen LogP contribution in [0.15, 0.2) is 12.1 Å². The van der Waals surface area contributed by atoms with Crippen molar-refractivity contribution in [2.24, 2.45) is 5.41 Å². The van der Waals surface area contributed by atoms with Crippen LogP contribution in [-0.2, 0) is 11.2 Å². The van der Waals surface area contributed by atoms with Gasteiger partial charge in [0.25, 0.3) is 0 Å². The second-order valence-electron chi connectivity index (χ2n) is 5.99. The van der Waals surface area contributed by atoms with E-state index in [-0.39, 0.29) is 17.1 Å². The van der Waals surface area contributed by atoms with E-state index in [9.17, 15) is 14.7 Å². The van der Waals surface area contributed by atoms with Gasteiger partial charge in [0.2, 0.25) is 0 Å². The number of hydrogen-bond donors (Lipinski definition) is 2. The van der Waals surface area contributed by atoms with E-state index in [4.69, 9.17) is 9.84 Å². The Morgan fingerprint density at radius 2 is 1.91 bits per heavy atom. The zero-order valence-corrected chi connectivity index (χ0v) is 13.6. The van der Waals surface area contributed by atoms with Crippen LogP contribution < -0.4 is 4.74 Å². The molecule has 122 valence electrons. The number of phenols is 1. The lowest BCUT2D eigenvalue weighted by molar-refractivity contribution is -0.147. The molecule has 2 N–H and O–H groups in total. The highest BCUT2D eigenvalue weighted by Crippen LogP contribution is 2.32. The molecule has 0 fully saturated rings. The Kier molecular flexibility index (Phi) is 5.97. The minimum absolute atomic E-state index is 0.0293. The first kappa shape index (κ1) is 18.0. The number of hydrogen-bond acceptors (Lipinski definition) is 4. The fourth-order valence-electron chi connectivity index (χ4n) is 2.18. The fraction of sp³-hybridized carbons (Fsp3) is 0.529. The van der Waals surface area contributed by atoms with Crippen molar-refractivity contribution in [2.75, 3.05) is 6.61 Å². The van der Waals surface area contributed by atoms with E-state index >= 15 is 0 Å². The van der Waals surface area contributed by atoms with Gasteiger partial charge in [-0.2, -0.15) is 0 Å². The molecule has 1 aromatic carbocycles. The Hall–Kier alpha value is -2.04. The number of ether oxygens (including phenoxy) is 1. The predicted molar refractivity (Wildman–Crippen MR) is 83.6 cm³/mol. The van der Waals surface area contributed by atoms with Crippen LogP contribution in [0.25, 0.3) is 0 Å². The molecule has 0 amide bonds. The summed E-state index contributed by atoms with van der Waals surface area (Å²) in [6.07, 6.45) is 1.64. The minimum atomic E-state index is -0.829. The van der Waals surface area contributed by atoms with E-state index in [0.717, 1.165) is 0 Å². The maximum atomic E-state index is 11.4. The molecule has 0 aliphatic rings. The molecule has 1 aromatic rings. The molecule has 0 saturated heterocycles. The molecular formula is C17H24O5. The van der Waals surface area contributed by atoms with Crippen molar-refractivity contribution in [3.8, 4) is 11.5 Å². The molecule has 0 heterocycles. The predicted octanol–water partition coefficient (Wildman–Crippen LogP) is 3.43. The van der Waals surface area contributed by atoms with Gasteiger partial charge in [-0.05, 0) is 52.2 Å². The van der Waals surface area contributed by atoms with Crippen LogP contribution >= 0.6 is 0 Å². The largest absolute Gasteiger partial charge is 0.507 e. The molecule has 0 aliphatic heterocycles. The van der Waals surface area contributed by atoms with Crippen molar-refractivity contribution >= 4 is 11.8 Å². The summed E-state index contributed by atoms with van der Waals surface area (Å²) >= 11 is 0.